The Labute approximate surface area is 122 Å². The predicted octanol–water partition coefficient (Wildman–Crippen LogP) is 2.60. The molecule has 0 aromatic carbocycles. The first-order valence-electron chi connectivity index (χ1n) is 6.91. The fourth-order valence-corrected chi connectivity index (χ4v) is 3.73. The van der Waals surface area contributed by atoms with E-state index >= 15 is 0 Å². The average Bonchev–Trinajstić information content (AvgIpc) is 2.93. The van der Waals surface area contributed by atoms with Crippen LogP contribution in [0.5, 0.6) is 5.88 Å². The van der Waals surface area contributed by atoms with E-state index in [9.17, 15) is 0 Å². The summed E-state index contributed by atoms with van der Waals surface area (Å²) in [6.07, 6.45) is 4.97. The van der Waals surface area contributed by atoms with Crippen LogP contribution in [0.3, 0.4) is 0 Å². The first-order chi connectivity index (χ1) is 9.81. The molecule has 6 heteroatoms. The number of methoxy groups -OCH3 is 1. The molecule has 1 N–H and O–H groups in total. The molecule has 0 spiro atoms. The van der Waals surface area contributed by atoms with Gasteiger partial charge in [0.15, 0.2) is 0 Å². The van der Waals surface area contributed by atoms with E-state index in [-0.39, 0.29) is 0 Å². The van der Waals surface area contributed by atoms with Gasteiger partial charge in [-0.15, -0.1) is 11.3 Å². The van der Waals surface area contributed by atoms with E-state index in [1.807, 2.05) is 6.07 Å². The Morgan fingerprint density at radius 3 is 3.15 bits per heavy atom. The highest BCUT2D eigenvalue weighted by Gasteiger charge is 2.24. The largest absolute Gasteiger partial charge is 0.481 e. The van der Waals surface area contributed by atoms with E-state index in [2.05, 4.69) is 22.2 Å². The Balaban J connectivity index is 1.95. The van der Waals surface area contributed by atoms with Gasteiger partial charge in [-0.3, -0.25) is 0 Å². The molecule has 0 bridgehead atoms. The third kappa shape index (κ3) is 2.53. The highest BCUT2D eigenvalue weighted by atomic mass is 32.1. The normalized spacial score (nSPS) is 17.8. The van der Waals surface area contributed by atoms with Crippen molar-refractivity contribution in [3.8, 4) is 16.6 Å². The van der Waals surface area contributed by atoms with Gasteiger partial charge in [0.25, 0.3) is 0 Å². The molecule has 20 heavy (non-hydrogen) atoms. The Morgan fingerprint density at radius 2 is 2.35 bits per heavy atom. The summed E-state index contributed by atoms with van der Waals surface area (Å²) in [7, 11) is 1.61. The maximum Gasteiger partial charge on any atom is 0.216 e. The van der Waals surface area contributed by atoms with Crippen molar-refractivity contribution in [1.29, 1.82) is 0 Å². The molecule has 0 aliphatic heterocycles. The molecule has 2 aromatic heterocycles. The van der Waals surface area contributed by atoms with Crippen LogP contribution in [-0.4, -0.2) is 28.6 Å². The van der Waals surface area contributed by atoms with Crippen molar-refractivity contribution >= 4 is 11.3 Å². The van der Waals surface area contributed by atoms with Crippen molar-refractivity contribution in [2.24, 2.45) is 0 Å². The summed E-state index contributed by atoms with van der Waals surface area (Å²) < 4.78 is 5.15. The molecule has 0 saturated carbocycles. The van der Waals surface area contributed by atoms with E-state index in [0.717, 1.165) is 23.7 Å². The number of thiazole rings is 1. The molecule has 5 nitrogen and oxygen atoms in total. The molecule has 0 radical (unpaired) electrons. The fraction of sp³-hybridized carbons (Fsp3) is 0.500. The van der Waals surface area contributed by atoms with Gasteiger partial charge in [0.1, 0.15) is 17.0 Å². The van der Waals surface area contributed by atoms with Crippen molar-refractivity contribution in [1.82, 2.24) is 20.3 Å². The summed E-state index contributed by atoms with van der Waals surface area (Å²) in [6.45, 7) is 3.13. The zero-order valence-electron chi connectivity index (χ0n) is 11.7. The third-order valence-corrected chi connectivity index (χ3v) is 4.71. The van der Waals surface area contributed by atoms with E-state index in [1.165, 1.54) is 29.7 Å². The number of nitrogens with one attached hydrogen (secondary N) is 1. The van der Waals surface area contributed by atoms with Crippen LogP contribution in [0.1, 0.15) is 36.4 Å². The maximum atomic E-state index is 5.15. The Bertz CT molecular complexity index is 599. The molecule has 1 atom stereocenters. The lowest BCUT2D eigenvalue weighted by atomic mass is 9.98. The third-order valence-electron chi connectivity index (χ3n) is 3.47. The maximum absolute atomic E-state index is 5.15. The van der Waals surface area contributed by atoms with Crippen molar-refractivity contribution in [3.05, 3.63) is 23.0 Å². The Hall–Kier alpha value is -1.53. The van der Waals surface area contributed by atoms with Crippen LogP contribution < -0.4 is 10.1 Å². The highest BCUT2D eigenvalue weighted by Crippen LogP contribution is 2.37. The van der Waals surface area contributed by atoms with Crippen LogP contribution >= 0.6 is 11.3 Å². The Morgan fingerprint density at radius 1 is 1.45 bits per heavy atom. The average molecular weight is 290 g/mol. The second-order valence-corrected chi connectivity index (χ2v) is 5.81. The quantitative estimate of drug-likeness (QED) is 0.938. The van der Waals surface area contributed by atoms with Gasteiger partial charge in [0, 0.05) is 17.0 Å². The molecule has 2 heterocycles. The molecule has 106 valence electrons. The van der Waals surface area contributed by atoms with Crippen molar-refractivity contribution in [2.75, 3.05) is 13.7 Å². The minimum atomic E-state index is 0.443. The zero-order valence-corrected chi connectivity index (χ0v) is 12.5. The summed E-state index contributed by atoms with van der Waals surface area (Å²) in [5.41, 5.74) is 2.06. The number of ether oxygens (including phenoxy) is 1. The molecule has 1 aliphatic rings. The molecule has 0 saturated heterocycles. The number of aryl methyl sites for hydroxylation is 1. The number of fused-ring (bicyclic) bond motifs is 1. The second kappa shape index (κ2) is 5.85. The molecule has 3 rings (SSSR count). The van der Waals surface area contributed by atoms with Crippen LogP contribution in [0.4, 0.5) is 0 Å². The van der Waals surface area contributed by atoms with Crippen LogP contribution in [0.2, 0.25) is 0 Å². The molecule has 1 aliphatic carbocycles. The first kappa shape index (κ1) is 13.5. The van der Waals surface area contributed by atoms with Crippen LogP contribution in [0.15, 0.2) is 12.4 Å². The molecule has 1 unspecified atom stereocenters. The SMILES string of the molecule is CCNC1CCCc2nc(-c3cc(OC)ncn3)sc21. The monoisotopic (exact) mass is 290 g/mol. The molecular weight excluding hydrogens is 272 g/mol. The van der Waals surface area contributed by atoms with Gasteiger partial charge in [-0.05, 0) is 25.8 Å². The highest BCUT2D eigenvalue weighted by molar-refractivity contribution is 7.15. The summed E-state index contributed by atoms with van der Waals surface area (Å²) in [5.74, 6) is 0.575. The van der Waals surface area contributed by atoms with Gasteiger partial charge in [-0.2, -0.15) is 0 Å². The van der Waals surface area contributed by atoms with Gasteiger partial charge >= 0.3 is 0 Å². The van der Waals surface area contributed by atoms with Crippen molar-refractivity contribution in [3.63, 3.8) is 0 Å². The summed E-state index contributed by atoms with van der Waals surface area (Å²) in [4.78, 5) is 14.5. The van der Waals surface area contributed by atoms with Crippen molar-refractivity contribution in [2.45, 2.75) is 32.2 Å². The summed E-state index contributed by atoms with van der Waals surface area (Å²) >= 11 is 1.74. The number of nitrogens with zero attached hydrogens (tertiary/aromatic N) is 3. The topological polar surface area (TPSA) is 59.9 Å². The molecule has 0 fully saturated rings. The van der Waals surface area contributed by atoms with Crippen LogP contribution in [0, 0.1) is 0 Å². The molecule has 0 amide bonds. The summed E-state index contributed by atoms with van der Waals surface area (Å²) in [5, 5.41) is 4.50. The first-order valence-corrected chi connectivity index (χ1v) is 7.73. The van der Waals surface area contributed by atoms with Gasteiger partial charge in [0.05, 0.1) is 12.8 Å². The van der Waals surface area contributed by atoms with Crippen molar-refractivity contribution < 1.29 is 4.74 Å². The number of hydrogen-bond acceptors (Lipinski definition) is 6. The van der Waals surface area contributed by atoms with Crippen LogP contribution in [-0.2, 0) is 6.42 Å². The van der Waals surface area contributed by atoms with E-state index < -0.39 is 0 Å². The number of aromatic nitrogens is 3. The number of hydrogen-bond donors (Lipinski definition) is 1. The molecular formula is C14H18N4OS. The smallest absolute Gasteiger partial charge is 0.216 e. The van der Waals surface area contributed by atoms with E-state index in [0.29, 0.717) is 11.9 Å². The fourth-order valence-electron chi connectivity index (χ4n) is 2.54. The lowest BCUT2D eigenvalue weighted by molar-refractivity contribution is 0.397. The Kier molecular flexibility index (Phi) is 3.93. The van der Waals surface area contributed by atoms with E-state index in [1.54, 1.807) is 18.4 Å². The lowest BCUT2D eigenvalue weighted by Gasteiger charge is -2.21. The summed E-state index contributed by atoms with van der Waals surface area (Å²) in [6, 6.07) is 2.28. The van der Waals surface area contributed by atoms with Gasteiger partial charge in [0.2, 0.25) is 5.88 Å². The predicted molar refractivity (Wildman–Crippen MR) is 79.0 cm³/mol. The van der Waals surface area contributed by atoms with Gasteiger partial charge < -0.3 is 10.1 Å². The van der Waals surface area contributed by atoms with Gasteiger partial charge in [-0.1, -0.05) is 6.92 Å². The van der Waals surface area contributed by atoms with Crippen LogP contribution in [0.25, 0.3) is 10.7 Å². The standard InChI is InChI=1S/C14H18N4OS/c1-3-15-9-5-4-6-10-13(9)20-14(18-10)11-7-12(19-2)17-8-16-11/h7-9,15H,3-6H2,1-2H3. The van der Waals surface area contributed by atoms with Gasteiger partial charge in [-0.25, -0.2) is 15.0 Å². The lowest BCUT2D eigenvalue weighted by Crippen LogP contribution is -2.23. The van der Waals surface area contributed by atoms with E-state index in [4.69, 9.17) is 9.72 Å². The minimum Gasteiger partial charge on any atom is -0.481 e. The molecule has 2 aromatic rings. The second-order valence-electron chi connectivity index (χ2n) is 4.78. The number of rotatable bonds is 4. The minimum absolute atomic E-state index is 0.443. The zero-order chi connectivity index (χ0) is 13.9.